The van der Waals surface area contributed by atoms with E-state index in [4.69, 9.17) is 11.6 Å². The number of benzene rings is 1. The van der Waals surface area contributed by atoms with E-state index in [9.17, 15) is 4.79 Å². The van der Waals surface area contributed by atoms with Crippen LogP contribution in [0.15, 0.2) is 55.0 Å². The Kier molecular flexibility index (Phi) is 6.51. The van der Waals surface area contributed by atoms with E-state index in [1.807, 2.05) is 24.5 Å². The average molecular weight is 436 g/mol. The van der Waals surface area contributed by atoms with E-state index in [1.54, 1.807) is 18.3 Å². The van der Waals surface area contributed by atoms with Crippen LogP contribution in [-0.4, -0.2) is 22.4 Å². The second-order valence-corrected chi connectivity index (χ2v) is 10.5. The quantitative estimate of drug-likeness (QED) is 0.506. The first-order chi connectivity index (χ1) is 14.4. The van der Waals surface area contributed by atoms with Crippen molar-refractivity contribution in [1.29, 1.82) is 0 Å². The summed E-state index contributed by atoms with van der Waals surface area (Å²) >= 11 is 6.56. The summed E-state index contributed by atoms with van der Waals surface area (Å²) in [5, 5.41) is 3.48. The molecule has 0 atom stereocenters. The number of rotatable bonds is 4. The maximum atomic E-state index is 12.5. The SMILES string of the molecule is CC(C)(C)CNC(=O)c1ccc(-c2cncc(-c3ccnc(C(C)(C)C)c3)c2)c(Cl)c1. The van der Waals surface area contributed by atoms with Gasteiger partial charge in [-0.2, -0.15) is 0 Å². The summed E-state index contributed by atoms with van der Waals surface area (Å²) in [5.74, 6) is -0.123. The van der Waals surface area contributed by atoms with Crippen molar-refractivity contribution < 1.29 is 4.79 Å². The van der Waals surface area contributed by atoms with Crippen molar-refractivity contribution in [2.45, 2.75) is 47.0 Å². The maximum absolute atomic E-state index is 12.5. The highest BCUT2D eigenvalue weighted by atomic mass is 35.5. The lowest BCUT2D eigenvalue weighted by atomic mass is 9.90. The van der Waals surface area contributed by atoms with Crippen molar-refractivity contribution in [2.75, 3.05) is 6.54 Å². The largest absolute Gasteiger partial charge is 0.352 e. The highest BCUT2D eigenvalue weighted by Crippen LogP contribution is 2.32. The number of pyridine rings is 2. The molecule has 0 radical (unpaired) electrons. The molecule has 5 heteroatoms. The topological polar surface area (TPSA) is 54.9 Å². The zero-order valence-corrected chi connectivity index (χ0v) is 19.8. The van der Waals surface area contributed by atoms with Crippen LogP contribution in [0, 0.1) is 5.41 Å². The van der Waals surface area contributed by atoms with Gasteiger partial charge in [0.05, 0.1) is 0 Å². The van der Waals surface area contributed by atoms with E-state index in [0.29, 0.717) is 17.1 Å². The number of hydrogen-bond acceptors (Lipinski definition) is 3. The van der Waals surface area contributed by atoms with Crippen LogP contribution in [0.5, 0.6) is 0 Å². The molecule has 162 valence electrons. The number of amides is 1. The van der Waals surface area contributed by atoms with Gasteiger partial charge in [-0.1, -0.05) is 59.2 Å². The molecule has 0 saturated carbocycles. The van der Waals surface area contributed by atoms with Gasteiger partial charge in [0.15, 0.2) is 0 Å². The molecule has 1 aromatic carbocycles. The molecule has 3 aromatic rings. The smallest absolute Gasteiger partial charge is 0.251 e. The Bertz CT molecular complexity index is 1090. The molecule has 0 aliphatic heterocycles. The van der Waals surface area contributed by atoms with Crippen molar-refractivity contribution in [3.8, 4) is 22.3 Å². The second kappa shape index (κ2) is 8.80. The molecule has 1 N–H and O–H groups in total. The Labute approximate surface area is 190 Å². The number of carbonyl (C=O) groups is 1. The number of nitrogens with zero attached hydrogens (tertiary/aromatic N) is 2. The normalized spacial score (nSPS) is 12.0. The van der Waals surface area contributed by atoms with Gasteiger partial charge in [-0.25, -0.2) is 0 Å². The van der Waals surface area contributed by atoms with E-state index < -0.39 is 0 Å². The predicted molar refractivity (Wildman–Crippen MR) is 128 cm³/mol. The monoisotopic (exact) mass is 435 g/mol. The molecule has 0 bridgehead atoms. The van der Waals surface area contributed by atoms with Gasteiger partial charge < -0.3 is 5.32 Å². The third-order valence-corrected chi connectivity index (χ3v) is 5.23. The molecule has 2 aromatic heterocycles. The van der Waals surface area contributed by atoms with Crippen molar-refractivity contribution in [3.05, 3.63) is 71.3 Å². The first-order valence-corrected chi connectivity index (χ1v) is 10.8. The molecule has 0 aliphatic rings. The third-order valence-electron chi connectivity index (χ3n) is 4.92. The number of nitrogens with one attached hydrogen (secondary N) is 1. The van der Waals surface area contributed by atoms with Crippen molar-refractivity contribution in [1.82, 2.24) is 15.3 Å². The average Bonchev–Trinajstić information content (AvgIpc) is 2.71. The van der Waals surface area contributed by atoms with E-state index >= 15 is 0 Å². The Morgan fingerprint density at radius 1 is 0.935 bits per heavy atom. The first-order valence-electron chi connectivity index (χ1n) is 10.4. The zero-order valence-electron chi connectivity index (χ0n) is 19.1. The van der Waals surface area contributed by atoms with Gasteiger partial charge in [0.2, 0.25) is 0 Å². The minimum atomic E-state index is -0.123. The van der Waals surface area contributed by atoms with Gasteiger partial charge in [0.25, 0.3) is 5.91 Å². The van der Waals surface area contributed by atoms with E-state index in [0.717, 1.165) is 27.9 Å². The summed E-state index contributed by atoms with van der Waals surface area (Å²) in [5.41, 5.74) is 5.35. The summed E-state index contributed by atoms with van der Waals surface area (Å²) in [6.07, 6.45) is 5.46. The van der Waals surface area contributed by atoms with E-state index in [2.05, 4.69) is 69.0 Å². The van der Waals surface area contributed by atoms with Crippen LogP contribution < -0.4 is 5.32 Å². The molecule has 3 rings (SSSR count). The lowest BCUT2D eigenvalue weighted by molar-refractivity contribution is 0.0939. The molecule has 0 saturated heterocycles. The summed E-state index contributed by atoms with van der Waals surface area (Å²) < 4.78 is 0. The highest BCUT2D eigenvalue weighted by molar-refractivity contribution is 6.33. The van der Waals surface area contributed by atoms with Crippen molar-refractivity contribution in [2.24, 2.45) is 5.41 Å². The summed E-state index contributed by atoms with van der Waals surface area (Å²) in [6, 6.07) is 11.5. The molecule has 1 amide bonds. The summed E-state index contributed by atoms with van der Waals surface area (Å²) in [4.78, 5) is 21.4. The first kappa shape index (κ1) is 23.0. The summed E-state index contributed by atoms with van der Waals surface area (Å²) in [6.45, 7) is 13.3. The lowest BCUT2D eigenvalue weighted by Gasteiger charge is -2.19. The van der Waals surface area contributed by atoms with Crippen LogP contribution in [-0.2, 0) is 5.41 Å². The van der Waals surface area contributed by atoms with Gasteiger partial charge in [0, 0.05) is 63.5 Å². The van der Waals surface area contributed by atoms with E-state index in [-0.39, 0.29) is 16.7 Å². The Balaban J connectivity index is 1.89. The molecule has 0 aliphatic carbocycles. The molecular weight excluding hydrogens is 406 g/mol. The Morgan fingerprint density at radius 3 is 2.29 bits per heavy atom. The molecule has 0 spiro atoms. The van der Waals surface area contributed by atoms with Crippen LogP contribution in [0.1, 0.15) is 57.6 Å². The molecule has 2 heterocycles. The molecule has 0 fully saturated rings. The minimum absolute atomic E-state index is 0.0192. The summed E-state index contributed by atoms with van der Waals surface area (Å²) in [7, 11) is 0. The predicted octanol–water partition coefficient (Wildman–Crippen LogP) is 6.54. The fourth-order valence-corrected chi connectivity index (χ4v) is 3.39. The Morgan fingerprint density at radius 2 is 1.65 bits per heavy atom. The zero-order chi connectivity index (χ0) is 22.8. The number of hydrogen-bond donors (Lipinski definition) is 1. The Hall–Kier alpha value is -2.72. The van der Waals surface area contributed by atoms with Crippen LogP contribution in [0.4, 0.5) is 0 Å². The van der Waals surface area contributed by atoms with Gasteiger partial charge in [-0.15, -0.1) is 0 Å². The van der Waals surface area contributed by atoms with Crippen LogP contribution in [0.25, 0.3) is 22.3 Å². The molecule has 4 nitrogen and oxygen atoms in total. The van der Waals surface area contributed by atoms with Crippen LogP contribution in [0.2, 0.25) is 5.02 Å². The number of carbonyl (C=O) groups excluding carboxylic acids is 1. The van der Waals surface area contributed by atoms with Crippen molar-refractivity contribution >= 4 is 17.5 Å². The standard InChI is InChI=1S/C26H30ClN3O/c1-25(2,3)16-30-24(31)18-7-8-21(22(27)12-18)20-11-19(14-28-15-20)17-9-10-29-23(13-17)26(4,5)6/h7-15H,16H2,1-6H3,(H,30,31). The van der Waals surface area contributed by atoms with Gasteiger partial charge >= 0.3 is 0 Å². The molecular formula is C26H30ClN3O. The van der Waals surface area contributed by atoms with Gasteiger partial charge in [0.1, 0.15) is 0 Å². The lowest BCUT2D eigenvalue weighted by Crippen LogP contribution is -2.32. The minimum Gasteiger partial charge on any atom is -0.352 e. The van der Waals surface area contributed by atoms with Crippen molar-refractivity contribution in [3.63, 3.8) is 0 Å². The second-order valence-electron chi connectivity index (χ2n) is 10.1. The van der Waals surface area contributed by atoms with E-state index in [1.165, 1.54) is 0 Å². The molecule has 0 unspecified atom stereocenters. The maximum Gasteiger partial charge on any atom is 0.251 e. The van der Waals surface area contributed by atoms with Gasteiger partial charge in [-0.05, 0) is 41.3 Å². The number of aromatic nitrogens is 2. The fraction of sp³-hybridized carbons (Fsp3) is 0.346. The third kappa shape index (κ3) is 5.92. The molecule has 31 heavy (non-hydrogen) atoms. The van der Waals surface area contributed by atoms with Crippen LogP contribution in [0.3, 0.4) is 0 Å². The highest BCUT2D eigenvalue weighted by Gasteiger charge is 2.17. The number of halogens is 1. The fourth-order valence-electron chi connectivity index (χ4n) is 3.10. The van der Waals surface area contributed by atoms with Crippen LogP contribution >= 0.6 is 11.6 Å². The van der Waals surface area contributed by atoms with Gasteiger partial charge in [-0.3, -0.25) is 14.8 Å².